The second-order valence-electron chi connectivity index (χ2n) is 6.25. The monoisotopic (exact) mass is 562 g/mol. The van der Waals surface area contributed by atoms with E-state index in [9.17, 15) is 0 Å². The van der Waals surface area contributed by atoms with Crippen LogP contribution in [0.3, 0.4) is 0 Å². The average Bonchev–Trinajstić information content (AvgIpc) is 2.78. The van der Waals surface area contributed by atoms with Crippen molar-refractivity contribution >= 4 is 11.8 Å². The van der Waals surface area contributed by atoms with Crippen molar-refractivity contribution in [1.29, 1.82) is 0 Å². The predicted molar refractivity (Wildman–Crippen MR) is 120 cm³/mol. The molecule has 4 rings (SSSR count). The molecule has 0 saturated heterocycles. The Hall–Kier alpha value is -1.44. The zero-order valence-corrected chi connectivity index (χ0v) is 23.3. The van der Waals surface area contributed by atoms with Gasteiger partial charge in [-0.2, -0.15) is 36.4 Å². The van der Waals surface area contributed by atoms with Crippen molar-refractivity contribution in [2.24, 2.45) is 0 Å². The second-order valence-corrected chi connectivity index (χ2v) is 7.40. The molecular formula is C28H16SY2-2. The molecule has 3 heteroatoms. The van der Waals surface area contributed by atoms with Crippen molar-refractivity contribution in [2.75, 3.05) is 0 Å². The minimum atomic E-state index is 0. The van der Waals surface area contributed by atoms with Crippen LogP contribution < -0.4 is 0 Å². The molecule has 0 saturated carbocycles. The molecule has 0 heterocycles. The van der Waals surface area contributed by atoms with Crippen LogP contribution >= 0.6 is 11.8 Å². The van der Waals surface area contributed by atoms with Gasteiger partial charge in [0.25, 0.3) is 0 Å². The molecule has 0 fully saturated rings. The van der Waals surface area contributed by atoms with Crippen molar-refractivity contribution in [3.05, 3.63) is 131 Å². The van der Waals surface area contributed by atoms with Crippen LogP contribution in [0.4, 0.5) is 0 Å². The van der Waals surface area contributed by atoms with Gasteiger partial charge < -0.3 is 0 Å². The Morgan fingerprint density at radius 2 is 0.871 bits per heavy atom. The molecule has 0 aromatic heterocycles. The first-order chi connectivity index (χ1) is 14.3. The summed E-state index contributed by atoms with van der Waals surface area (Å²) in [5, 5.41) is 0. The van der Waals surface area contributed by atoms with Crippen LogP contribution in [-0.2, 0) is 65.4 Å². The number of hydrogen-bond acceptors (Lipinski definition) is 1. The fraction of sp³-hybridized carbons (Fsp3) is 0. The van der Waals surface area contributed by atoms with E-state index in [0.29, 0.717) is 0 Å². The molecule has 0 nitrogen and oxygen atoms in total. The fourth-order valence-corrected chi connectivity index (χ4v) is 3.53. The molecule has 0 spiro atoms. The Morgan fingerprint density at radius 1 is 0.484 bits per heavy atom. The fourth-order valence-electron chi connectivity index (χ4n) is 2.63. The van der Waals surface area contributed by atoms with E-state index in [1.54, 1.807) is 11.8 Å². The maximum atomic E-state index is 3.21. The zero-order valence-electron chi connectivity index (χ0n) is 16.8. The van der Waals surface area contributed by atoms with Crippen LogP contribution in [0.15, 0.2) is 107 Å². The van der Waals surface area contributed by atoms with Crippen LogP contribution in [0, 0.1) is 35.8 Å². The summed E-state index contributed by atoms with van der Waals surface area (Å²) in [6, 6.07) is 38.3. The Bertz CT molecular complexity index is 1130. The molecule has 142 valence electrons. The van der Waals surface area contributed by atoms with E-state index in [-0.39, 0.29) is 65.4 Å². The normalized spacial score (nSPS) is 9.03. The summed E-state index contributed by atoms with van der Waals surface area (Å²) in [5.74, 6) is 12.8. The van der Waals surface area contributed by atoms with E-state index in [2.05, 4.69) is 47.9 Å². The topological polar surface area (TPSA) is 0 Å². The molecule has 0 aliphatic carbocycles. The van der Waals surface area contributed by atoms with Gasteiger partial charge in [-0.05, 0) is 24.3 Å². The van der Waals surface area contributed by atoms with Crippen LogP contribution in [-0.4, -0.2) is 0 Å². The van der Waals surface area contributed by atoms with E-state index in [1.807, 2.05) is 84.9 Å². The third-order valence-electron chi connectivity index (χ3n) is 4.01. The molecule has 0 N–H and O–H groups in total. The molecule has 0 atom stereocenters. The van der Waals surface area contributed by atoms with Gasteiger partial charge in [0.15, 0.2) is 0 Å². The Balaban J connectivity index is 0.00000171. The van der Waals surface area contributed by atoms with Crippen molar-refractivity contribution in [3.8, 4) is 23.7 Å². The van der Waals surface area contributed by atoms with Crippen molar-refractivity contribution in [1.82, 2.24) is 0 Å². The first-order valence-corrected chi connectivity index (χ1v) is 10.0. The van der Waals surface area contributed by atoms with Crippen molar-refractivity contribution in [3.63, 3.8) is 0 Å². The summed E-state index contributed by atoms with van der Waals surface area (Å²) in [7, 11) is 0. The van der Waals surface area contributed by atoms with Gasteiger partial charge in [-0.1, -0.05) is 59.4 Å². The van der Waals surface area contributed by atoms with E-state index in [0.717, 1.165) is 32.0 Å². The summed E-state index contributed by atoms with van der Waals surface area (Å²) in [6.45, 7) is 0. The molecule has 0 bridgehead atoms. The molecule has 0 unspecified atom stereocenters. The second kappa shape index (κ2) is 13.9. The molecule has 4 aromatic rings. The molecule has 0 aliphatic rings. The van der Waals surface area contributed by atoms with Gasteiger partial charge in [0.05, 0.1) is 0 Å². The van der Waals surface area contributed by atoms with Gasteiger partial charge in [0.2, 0.25) is 0 Å². The van der Waals surface area contributed by atoms with E-state index < -0.39 is 0 Å². The molecular weight excluding hydrogens is 546 g/mol. The Labute approximate surface area is 239 Å². The standard InChI is InChI=1S/C28H16S.2Y/c1-3-9-23(10-4-1)17-19-25-13-7-15-27(21-25)29-28-16-8-14-26(22-28)20-18-24-11-5-2-6-12-24;;/h1-6,9-16,21-22H;;/q-2;;. The third kappa shape index (κ3) is 8.54. The van der Waals surface area contributed by atoms with E-state index in [1.165, 1.54) is 0 Å². The molecule has 31 heavy (non-hydrogen) atoms. The quantitative estimate of drug-likeness (QED) is 0.206. The number of hydrogen-bond donors (Lipinski definition) is 0. The molecule has 0 aliphatic heterocycles. The summed E-state index contributed by atoms with van der Waals surface area (Å²) in [4.78, 5) is 2.18. The van der Waals surface area contributed by atoms with E-state index >= 15 is 0 Å². The van der Waals surface area contributed by atoms with Gasteiger partial charge in [-0.3, -0.25) is 0 Å². The summed E-state index contributed by atoms with van der Waals surface area (Å²) < 4.78 is 0. The first-order valence-electron chi connectivity index (χ1n) is 9.19. The van der Waals surface area contributed by atoms with Gasteiger partial charge in [0.1, 0.15) is 0 Å². The summed E-state index contributed by atoms with van der Waals surface area (Å²) in [6.07, 6.45) is 0. The average molecular weight is 562 g/mol. The summed E-state index contributed by atoms with van der Waals surface area (Å²) in [5.41, 5.74) is 3.90. The van der Waals surface area contributed by atoms with Crippen molar-refractivity contribution in [2.45, 2.75) is 9.79 Å². The minimum absolute atomic E-state index is 0. The van der Waals surface area contributed by atoms with Gasteiger partial charge >= 0.3 is 0 Å². The van der Waals surface area contributed by atoms with Crippen LogP contribution in [0.5, 0.6) is 0 Å². The smallest absolute Gasteiger partial charge is 0.0237 e. The number of rotatable bonds is 2. The molecule has 0 amide bonds. The Kier molecular flexibility index (Phi) is 11.5. The van der Waals surface area contributed by atoms with Crippen LogP contribution in [0.25, 0.3) is 0 Å². The SMILES string of the molecule is C(#Cc1c[c-]cc(Sc2c[c-]cc(C#Cc3ccccc3)c2)c1)c1ccccc1.[Y].[Y]. The third-order valence-corrected chi connectivity index (χ3v) is 4.95. The van der Waals surface area contributed by atoms with Gasteiger partial charge in [-0.25, -0.2) is 11.8 Å². The minimum Gasteiger partial charge on any atom is -0.229 e. The maximum Gasteiger partial charge on any atom is 0.0237 e. The summed E-state index contributed by atoms with van der Waals surface area (Å²) >= 11 is 1.66. The molecule has 2 radical (unpaired) electrons. The molecule has 4 aromatic carbocycles. The van der Waals surface area contributed by atoms with Crippen LogP contribution in [0.1, 0.15) is 22.3 Å². The zero-order chi connectivity index (χ0) is 19.7. The predicted octanol–water partition coefficient (Wildman–Crippen LogP) is 6.23. The van der Waals surface area contributed by atoms with Gasteiger partial charge in [-0.15, -0.1) is 33.8 Å². The van der Waals surface area contributed by atoms with E-state index in [4.69, 9.17) is 0 Å². The number of benzene rings is 4. The first kappa shape index (κ1) is 25.8. The van der Waals surface area contributed by atoms with Crippen molar-refractivity contribution < 1.29 is 65.4 Å². The van der Waals surface area contributed by atoms with Gasteiger partial charge in [0, 0.05) is 76.5 Å². The van der Waals surface area contributed by atoms with Crippen LogP contribution in [0.2, 0.25) is 0 Å². The Morgan fingerprint density at radius 3 is 1.29 bits per heavy atom. The maximum absolute atomic E-state index is 3.21. The largest absolute Gasteiger partial charge is 0.229 e.